The maximum atomic E-state index is 8.99. The van der Waals surface area contributed by atoms with E-state index in [1.165, 1.54) is 4.90 Å². The minimum Gasteiger partial charge on any atom is -0.396 e. The van der Waals surface area contributed by atoms with E-state index in [1.807, 2.05) is 17.8 Å². The fourth-order valence-electron chi connectivity index (χ4n) is 1.33. The van der Waals surface area contributed by atoms with Gasteiger partial charge in [-0.25, -0.2) is 0 Å². The van der Waals surface area contributed by atoms with Gasteiger partial charge in [-0.2, -0.15) is 0 Å². The van der Waals surface area contributed by atoms with E-state index in [0.29, 0.717) is 12.0 Å². The first-order valence-electron chi connectivity index (χ1n) is 5.76. The Bertz CT molecular complexity index is 279. The number of aliphatic hydroxyl groups excluding tert-OH is 1. The van der Waals surface area contributed by atoms with Gasteiger partial charge in [-0.3, -0.25) is 0 Å². The summed E-state index contributed by atoms with van der Waals surface area (Å²) in [5, 5.41) is 12.4. The standard InChI is InChI=1S/C13H21NOS/c1-11(10-15)12(2)14-8-9-16-13-6-4-3-5-7-13/h3-7,11-12,14-15H,8-10H2,1-2H3. The Kier molecular flexibility index (Phi) is 6.53. The van der Waals surface area contributed by atoms with E-state index in [-0.39, 0.29) is 6.61 Å². The third kappa shape index (κ3) is 5.01. The second-order valence-corrected chi connectivity index (χ2v) is 5.23. The number of rotatable bonds is 7. The summed E-state index contributed by atoms with van der Waals surface area (Å²) in [5.41, 5.74) is 0. The Hall–Kier alpha value is -0.510. The molecule has 0 saturated carbocycles. The number of nitrogens with one attached hydrogen (secondary N) is 1. The van der Waals surface area contributed by atoms with Crippen LogP contribution in [0.2, 0.25) is 0 Å². The highest BCUT2D eigenvalue weighted by molar-refractivity contribution is 7.99. The Labute approximate surface area is 102 Å². The lowest BCUT2D eigenvalue weighted by Crippen LogP contribution is -2.35. The van der Waals surface area contributed by atoms with Gasteiger partial charge in [-0.05, 0) is 25.0 Å². The molecule has 0 spiro atoms. The summed E-state index contributed by atoms with van der Waals surface area (Å²) in [5.74, 6) is 1.38. The molecule has 1 aromatic carbocycles. The van der Waals surface area contributed by atoms with Crippen LogP contribution in [0.5, 0.6) is 0 Å². The fourth-order valence-corrected chi connectivity index (χ4v) is 2.14. The summed E-state index contributed by atoms with van der Waals surface area (Å²) in [6.45, 7) is 5.40. The zero-order valence-electron chi connectivity index (χ0n) is 10.0. The molecule has 1 rings (SSSR count). The molecule has 2 N–H and O–H groups in total. The summed E-state index contributed by atoms with van der Waals surface area (Å²) < 4.78 is 0. The lowest BCUT2D eigenvalue weighted by Gasteiger charge is -2.18. The predicted molar refractivity (Wildman–Crippen MR) is 70.9 cm³/mol. The van der Waals surface area contributed by atoms with Crippen LogP contribution in [0.3, 0.4) is 0 Å². The van der Waals surface area contributed by atoms with Crippen LogP contribution in [0.15, 0.2) is 35.2 Å². The highest BCUT2D eigenvalue weighted by Crippen LogP contribution is 2.15. The number of hydrogen-bond donors (Lipinski definition) is 2. The SMILES string of the molecule is CC(CO)C(C)NCCSc1ccccc1. The van der Waals surface area contributed by atoms with Crippen LogP contribution in [-0.4, -0.2) is 30.1 Å². The molecule has 0 bridgehead atoms. The molecule has 90 valence electrons. The van der Waals surface area contributed by atoms with Gasteiger partial charge in [0, 0.05) is 29.8 Å². The van der Waals surface area contributed by atoms with Crippen LogP contribution < -0.4 is 5.32 Å². The van der Waals surface area contributed by atoms with Crippen LogP contribution in [0.4, 0.5) is 0 Å². The zero-order valence-corrected chi connectivity index (χ0v) is 10.8. The lowest BCUT2D eigenvalue weighted by atomic mass is 10.1. The first kappa shape index (κ1) is 13.6. The molecule has 16 heavy (non-hydrogen) atoms. The largest absolute Gasteiger partial charge is 0.396 e. The first-order chi connectivity index (χ1) is 7.74. The molecular formula is C13H21NOS. The van der Waals surface area contributed by atoms with Gasteiger partial charge in [0.15, 0.2) is 0 Å². The highest BCUT2D eigenvalue weighted by Gasteiger charge is 2.09. The predicted octanol–water partition coefficient (Wildman–Crippen LogP) is 2.39. The fraction of sp³-hybridized carbons (Fsp3) is 0.538. The van der Waals surface area contributed by atoms with Crippen LogP contribution in [0.25, 0.3) is 0 Å². The molecule has 2 nitrogen and oxygen atoms in total. The van der Waals surface area contributed by atoms with E-state index in [0.717, 1.165) is 12.3 Å². The second kappa shape index (κ2) is 7.71. The van der Waals surface area contributed by atoms with Gasteiger partial charge in [-0.15, -0.1) is 11.8 Å². The molecule has 0 aromatic heterocycles. The molecule has 0 aliphatic heterocycles. The van der Waals surface area contributed by atoms with Gasteiger partial charge in [0.1, 0.15) is 0 Å². The number of benzene rings is 1. The van der Waals surface area contributed by atoms with Crippen LogP contribution in [0.1, 0.15) is 13.8 Å². The van der Waals surface area contributed by atoms with E-state index in [1.54, 1.807) is 0 Å². The lowest BCUT2D eigenvalue weighted by molar-refractivity contribution is 0.209. The maximum Gasteiger partial charge on any atom is 0.0471 e. The Morgan fingerprint density at radius 3 is 2.56 bits per heavy atom. The average molecular weight is 239 g/mol. The van der Waals surface area contributed by atoms with E-state index in [9.17, 15) is 0 Å². The molecule has 0 amide bonds. The van der Waals surface area contributed by atoms with Gasteiger partial charge >= 0.3 is 0 Å². The zero-order chi connectivity index (χ0) is 11.8. The van der Waals surface area contributed by atoms with Crippen molar-refractivity contribution >= 4 is 11.8 Å². The summed E-state index contributed by atoms with van der Waals surface area (Å²) in [6.07, 6.45) is 0. The minimum atomic E-state index is 0.250. The Morgan fingerprint density at radius 1 is 1.25 bits per heavy atom. The number of hydrogen-bond acceptors (Lipinski definition) is 3. The van der Waals surface area contributed by atoms with Crippen molar-refractivity contribution in [2.75, 3.05) is 18.9 Å². The van der Waals surface area contributed by atoms with Gasteiger partial charge in [0.05, 0.1) is 0 Å². The Morgan fingerprint density at radius 2 is 1.94 bits per heavy atom. The van der Waals surface area contributed by atoms with Gasteiger partial charge < -0.3 is 10.4 Å². The highest BCUT2D eigenvalue weighted by atomic mass is 32.2. The second-order valence-electron chi connectivity index (χ2n) is 4.06. The van der Waals surface area contributed by atoms with Crippen molar-refractivity contribution in [3.05, 3.63) is 30.3 Å². The molecule has 0 heterocycles. The molecule has 0 fully saturated rings. The Balaban J connectivity index is 2.13. The first-order valence-corrected chi connectivity index (χ1v) is 6.74. The van der Waals surface area contributed by atoms with Gasteiger partial charge in [0.25, 0.3) is 0 Å². The van der Waals surface area contributed by atoms with Gasteiger partial charge in [-0.1, -0.05) is 25.1 Å². The quantitative estimate of drug-likeness (QED) is 0.566. The molecule has 0 radical (unpaired) electrons. The third-order valence-electron chi connectivity index (χ3n) is 2.72. The summed E-state index contributed by atoms with van der Waals surface area (Å²) in [6, 6.07) is 10.8. The van der Waals surface area contributed by atoms with Crippen LogP contribution >= 0.6 is 11.8 Å². The normalized spacial score (nSPS) is 14.7. The summed E-state index contributed by atoms with van der Waals surface area (Å²) >= 11 is 1.86. The van der Waals surface area contributed by atoms with Crippen molar-refractivity contribution in [1.82, 2.24) is 5.32 Å². The molecule has 3 heteroatoms. The van der Waals surface area contributed by atoms with E-state index in [4.69, 9.17) is 5.11 Å². The topological polar surface area (TPSA) is 32.3 Å². The molecule has 1 aromatic rings. The number of thioether (sulfide) groups is 1. The van der Waals surface area contributed by atoms with Crippen molar-refractivity contribution in [1.29, 1.82) is 0 Å². The van der Waals surface area contributed by atoms with Crippen LogP contribution in [-0.2, 0) is 0 Å². The van der Waals surface area contributed by atoms with Crippen molar-refractivity contribution < 1.29 is 5.11 Å². The summed E-state index contributed by atoms with van der Waals surface area (Å²) in [4.78, 5) is 1.31. The molecule has 2 atom stereocenters. The third-order valence-corrected chi connectivity index (χ3v) is 3.74. The van der Waals surface area contributed by atoms with Crippen LogP contribution in [0, 0.1) is 5.92 Å². The maximum absolute atomic E-state index is 8.99. The monoisotopic (exact) mass is 239 g/mol. The smallest absolute Gasteiger partial charge is 0.0471 e. The average Bonchev–Trinajstić information content (AvgIpc) is 2.34. The molecule has 0 saturated heterocycles. The molecule has 0 aliphatic rings. The van der Waals surface area contributed by atoms with Crippen molar-refractivity contribution in [3.63, 3.8) is 0 Å². The molecule has 0 aliphatic carbocycles. The van der Waals surface area contributed by atoms with Crippen molar-refractivity contribution in [2.24, 2.45) is 5.92 Å². The molecule has 2 unspecified atom stereocenters. The van der Waals surface area contributed by atoms with Crippen molar-refractivity contribution in [3.8, 4) is 0 Å². The molecular weight excluding hydrogens is 218 g/mol. The summed E-state index contributed by atoms with van der Waals surface area (Å²) in [7, 11) is 0. The number of aliphatic hydroxyl groups is 1. The van der Waals surface area contributed by atoms with E-state index in [2.05, 4.69) is 43.4 Å². The van der Waals surface area contributed by atoms with Crippen molar-refractivity contribution in [2.45, 2.75) is 24.8 Å². The van der Waals surface area contributed by atoms with E-state index < -0.39 is 0 Å². The van der Waals surface area contributed by atoms with Gasteiger partial charge in [0.2, 0.25) is 0 Å². The van der Waals surface area contributed by atoms with E-state index >= 15 is 0 Å². The minimum absolute atomic E-state index is 0.250.